The zero-order chi connectivity index (χ0) is 22.5. The van der Waals surface area contributed by atoms with E-state index in [2.05, 4.69) is 0 Å². The van der Waals surface area contributed by atoms with Crippen LogP contribution in [0.1, 0.15) is 21.9 Å². The third-order valence-electron chi connectivity index (χ3n) is 5.00. The number of rotatable bonds is 9. The van der Waals surface area contributed by atoms with Gasteiger partial charge < -0.3 is 14.3 Å². The van der Waals surface area contributed by atoms with Crippen molar-refractivity contribution >= 4 is 51.9 Å². The number of hydrogen-bond donors (Lipinski definition) is 1. The molecule has 0 aliphatic rings. The summed E-state index contributed by atoms with van der Waals surface area (Å²) < 4.78 is 11.1. The van der Waals surface area contributed by atoms with E-state index >= 15 is 0 Å². The second kappa shape index (κ2) is 10.3. The van der Waals surface area contributed by atoms with Crippen molar-refractivity contribution in [1.82, 2.24) is 0 Å². The summed E-state index contributed by atoms with van der Waals surface area (Å²) in [5.74, 6) is 0.259. The van der Waals surface area contributed by atoms with Crippen LogP contribution in [-0.4, -0.2) is 23.4 Å². The minimum atomic E-state index is -1.03. The van der Waals surface area contributed by atoms with Crippen LogP contribution in [0.3, 0.4) is 0 Å². The molecular weight excluding hydrogens is 467 g/mol. The second-order valence-corrected chi connectivity index (χ2v) is 9.27. The van der Waals surface area contributed by atoms with Gasteiger partial charge in [0.25, 0.3) is 0 Å². The van der Waals surface area contributed by atoms with Crippen LogP contribution in [0.15, 0.2) is 77.4 Å². The van der Waals surface area contributed by atoms with Gasteiger partial charge in [-0.3, -0.25) is 0 Å². The van der Waals surface area contributed by atoms with E-state index in [1.54, 1.807) is 12.3 Å². The highest BCUT2D eigenvalue weighted by Crippen LogP contribution is 2.38. The predicted octanol–water partition coefficient (Wildman–Crippen LogP) is 7.27. The first kappa shape index (κ1) is 22.6. The molecule has 0 aliphatic carbocycles. The molecular formula is C25H20Cl2O4S. The number of halogens is 2. The molecule has 0 saturated heterocycles. The number of hydrogen-bond acceptors (Lipinski definition) is 4. The molecule has 4 rings (SSSR count). The Morgan fingerprint density at radius 2 is 1.59 bits per heavy atom. The Kier molecular flexibility index (Phi) is 7.30. The smallest absolute Gasteiger partial charge is 0.341 e. The first-order valence-electron chi connectivity index (χ1n) is 9.97. The number of ether oxygens (including phenoxy) is 1. The number of fused-ring (bicyclic) bond motifs is 1. The SMILES string of the molecule is O=C(O)COc1cccc2c(CCSC(c3ccc(Cl)cc3)c3ccc(Cl)cc3)coc12. The summed E-state index contributed by atoms with van der Waals surface area (Å²) in [6, 6.07) is 21.3. The maximum Gasteiger partial charge on any atom is 0.341 e. The van der Waals surface area contributed by atoms with Crippen LogP contribution in [0.5, 0.6) is 5.75 Å². The molecule has 0 bridgehead atoms. The summed E-state index contributed by atoms with van der Waals surface area (Å²) in [6.45, 7) is -0.408. The molecule has 1 aromatic heterocycles. The first-order valence-corrected chi connectivity index (χ1v) is 11.8. The summed E-state index contributed by atoms with van der Waals surface area (Å²) in [4.78, 5) is 10.8. The number of carboxylic acid groups (broad SMARTS) is 1. The quantitative estimate of drug-likeness (QED) is 0.269. The molecule has 7 heteroatoms. The van der Waals surface area contributed by atoms with Crippen molar-refractivity contribution in [3.63, 3.8) is 0 Å². The van der Waals surface area contributed by atoms with Crippen molar-refractivity contribution in [2.45, 2.75) is 11.7 Å². The van der Waals surface area contributed by atoms with Crippen molar-refractivity contribution in [2.75, 3.05) is 12.4 Å². The zero-order valence-electron chi connectivity index (χ0n) is 17.0. The van der Waals surface area contributed by atoms with Gasteiger partial charge in [-0.25, -0.2) is 4.79 Å². The summed E-state index contributed by atoms with van der Waals surface area (Å²) in [5, 5.41) is 11.4. The van der Waals surface area contributed by atoms with Crippen molar-refractivity contribution in [3.05, 3.63) is 99.7 Å². The highest BCUT2D eigenvalue weighted by Gasteiger charge is 2.17. The van der Waals surface area contributed by atoms with Crippen molar-refractivity contribution in [2.24, 2.45) is 0 Å². The minimum absolute atomic E-state index is 0.136. The van der Waals surface area contributed by atoms with Gasteiger partial charge in [0.05, 0.1) is 11.5 Å². The first-order chi connectivity index (χ1) is 15.5. The maximum atomic E-state index is 10.8. The van der Waals surface area contributed by atoms with E-state index in [0.29, 0.717) is 21.4 Å². The lowest BCUT2D eigenvalue weighted by molar-refractivity contribution is -0.139. The Hall–Kier alpha value is -2.60. The largest absolute Gasteiger partial charge is 0.479 e. The number of para-hydroxylation sites is 1. The molecule has 3 aromatic carbocycles. The number of carboxylic acids is 1. The van der Waals surface area contributed by atoms with Gasteiger partial charge in [-0.05, 0) is 59.2 Å². The fourth-order valence-electron chi connectivity index (χ4n) is 3.48. The van der Waals surface area contributed by atoms with Crippen molar-refractivity contribution < 1.29 is 19.1 Å². The number of carbonyl (C=O) groups is 1. The molecule has 0 saturated carbocycles. The number of benzene rings is 3. The molecule has 164 valence electrons. The number of furan rings is 1. The molecule has 4 aromatic rings. The van der Waals surface area contributed by atoms with Crippen LogP contribution in [0.4, 0.5) is 0 Å². The molecule has 0 atom stereocenters. The molecule has 4 nitrogen and oxygen atoms in total. The number of thioether (sulfide) groups is 1. The van der Waals surface area contributed by atoms with Gasteiger partial charge in [0.1, 0.15) is 0 Å². The average Bonchev–Trinajstić information content (AvgIpc) is 3.20. The van der Waals surface area contributed by atoms with E-state index < -0.39 is 12.6 Å². The number of aryl methyl sites for hydroxylation is 1. The van der Waals surface area contributed by atoms with Gasteiger partial charge in [-0.2, -0.15) is 0 Å². The lowest BCUT2D eigenvalue weighted by atomic mass is 10.0. The van der Waals surface area contributed by atoms with E-state index in [9.17, 15) is 4.79 Å². The van der Waals surface area contributed by atoms with Crippen molar-refractivity contribution in [1.29, 1.82) is 0 Å². The topological polar surface area (TPSA) is 59.7 Å². The van der Waals surface area contributed by atoms with E-state index in [1.165, 1.54) is 11.1 Å². The molecule has 1 N–H and O–H groups in total. The molecule has 0 amide bonds. The Bertz CT molecular complexity index is 1160. The van der Waals surface area contributed by atoms with Gasteiger partial charge in [0.2, 0.25) is 0 Å². The molecule has 0 fully saturated rings. The van der Waals surface area contributed by atoms with Crippen LogP contribution in [0.2, 0.25) is 10.0 Å². The highest BCUT2D eigenvalue weighted by molar-refractivity contribution is 7.99. The standard InChI is InChI=1S/C25H20Cl2O4S/c26-19-8-4-16(5-9-19)25(17-6-10-20(27)11-7-17)32-13-12-18-14-31-24-21(18)2-1-3-22(24)30-15-23(28)29/h1-11,14,25H,12-13,15H2,(H,28,29). The highest BCUT2D eigenvalue weighted by atomic mass is 35.5. The summed E-state index contributed by atoms with van der Waals surface area (Å²) >= 11 is 14.0. The molecule has 32 heavy (non-hydrogen) atoms. The minimum Gasteiger partial charge on any atom is -0.479 e. The van der Waals surface area contributed by atoms with Crippen LogP contribution in [-0.2, 0) is 11.2 Å². The van der Waals surface area contributed by atoms with E-state index in [1.807, 2.05) is 72.4 Å². The van der Waals surface area contributed by atoms with Gasteiger partial charge in [-0.15, -0.1) is 11.8 Å². The van der Waals surface area contributed by atoms with E-state index in [0.717, 1.165) is 23.1 Å². The second-order valence-electron chi connectivity index (χ2n) is 7.18. The Morgan fingerprint density at radius 1 is 0.969 bits per heavy atom. The van der Waals surface area contributed by atoms with Gasteiger partial charge in [0.15, 0.2) is 17.9 Å². The van der Waals surface area contributed by atoms with Crippen LogP contribution < -0.4 is 4.74 Å². The number of aliphatic carboxylic acids is 1. The summed E-state index contributed by atoms with van der Waals surface area (Å²) in [5.41, 5.74) is 3.96. The predicted molar refractivity (Wildman–Crippen MR) is 130 cm³/mol. The van der Waals surface area contributed by atoms with Crippen LogP contribution in [0, 0.1) is 0 Å². The molecule has 0 unspecified atom stereocenters. The Labute approximate surface area is 200 Å². The van der Waals surface area contributed by atoms with Crippen LogP contribution >= 0.6 is 35.0 Å². The van der Waals surface area contributed by atoms with Crippen molar-refractivity contribution in [3.8, 4) is 5.75 Å². The van der Waals surface area contributed by atoms with Gasteiger partial charge >= 0.3 is 5.97 Å². The van der Waals surface area contributed by atoms with E-state index in [4.69, 9.17) is 37.5 Å². The normalized spacial score (nSPS) is 11.2. The lowest BCUT2D eigenvalue weighted by Crippen LogP contribution is -2.09. The fraction of sp³-hybridized carbons (Fsp3) is 0.160. The Morgan fingerprint density at radius 3 is 2.19 bits per heavy atom. The summed E-state index contributed by atoms with van der Waals surface area (Å²) in [6.07, 6.45) is 2.51. The molecule has 0 spiro atoms. The fourth-order valence-corrected chi connectivity index (χ4v) is 5.00. The Balaban J connectivity index is 1.51. The summed E-state index contributed by atoms with van der Waals surface area (Å²) in [7, 11) is 0. The molecule has 0 aliphatic heterocycles. The molecule has 1 heterocycles. The third kappa shape index (κ3) is 5.41. The van der Waals surface area contributed by atoms with E-state index in [-0.39, 0.29) is 5.25 Å². The average molecular weight is 487 g/mol. The third-order valence-corrected chi connectivity index (χ3v) is 6.82. The molecule has 0 radical (unpaired) electrons. The maximum absolute atomic E-state index is 10.8. The van der Waals surface area contributed by atoms with Gasteiger partial charge in [0, 0.05) is 15.4 Å². The monoisotopic (exact) mass is 486 g/mol. The zero-order valence-corrected chi connectivity index (χ0v) is 19.3. The lowest BCUT2D eigenvalue weighted by Gasteiger charge is -2.18. The van der Waals surface area contributed by atoms with Crippen LogP contribution in [0.25, 0.3) is 11.0 Å². The van der Waals surface area contributed by atoms with Gasteiger partial charge in [-0.1, -0.05) is 59.6 Å².